The molecule has 1 heterocycles. The Balaban J connectivity index is 1.92. The third-order valence-electron chi connectivity index (χ3n) is 3.98. The highest BCUT2D eigenvalue weighted by atomic mass is 15.3. The van der Waals surface area contributed by atoms with E-state index in [1.54, 1.807) is 0 Å². The molecule has 3 rings (SSSR count). The molecule has 5 heteroatoms. The van der Waals surface area contributed by atoms with Gasteiger partial charge < -0.3 is 5.32 Å². The van der Waals surface area contributed by atoms with Gasteiger partial charge in [0, 0.05) is 11.9 Å². The fourth-order valence-electron chi connectivity index (χ4n) is 2.53. The second-order valence-corrected chi connectivity index (χ2v) is 5.58. The van der Waals surface area contributed by atoms with Gasteiger partial charge in [0.25, 0.3) is 0 Å². The average molecular weight is 257 g/mol. The van der Waals surface area contributed by atoms with Crippen LogP contribution in [0.4, 0.5) is 11.8 Å². The van der Waals surface area contributed by atoms with Gasteiger partial charge in [-0.05, 0) is 30.4 Å². The largest absolute Gasteiger partial charge is 0.369 e. The Morgan fingerprint density at radius 1 is 1.26 bits per heavy atom. The predicted octanol–water partition coefficient (Wildman–Crippen LogP) is 2.52. The van der Waals surface area contributed by atoms with Crippen LogP contribution >= 0.6 is 0 Å². The van der Waals surface area contributed by atoms with Crippen molar-refractivity contribution < 1.29 is 0 Å². The molecule has 1 aliphatic carbocycles. The third-order valence-corrected chi connectivity index (χ3v) is 3.98. The number of nitrogens with zero attached hydrogens (tertiary/aromatic N) is 2. The predicted molar refractivity (Wildman–Crippen MR) is 77.8 cm³/mol. The van der Waals surface area contributed by atoms with Crippen LogP contribution in [0.5, 0.6) is 0 Å². The Bertz CT molecular complexity index is 591. The monoisotopic (exact) mass is 257 g/mol. The highest BCUT2D eigenvalue weighted by Crippen LogP contribution is 2.40. The van der Waals surface area contributed by atoms with Crippen molar-refractivity contribution >= 4 is 22.7 Å². The molecule has 100 valence electrons. The lowest BCUT2D eigenvalue weighted by Gasteiger charge is -2.38. The number of hydrazine groups is 1. The quantitative estimate of drug-likeness (QED) is 0.579. The van der Waals surface area contributed by atoms with Crippen molar-refractivity contribution in [1.29, 1.82) is 0 Å². The van der Waals surface area contributed by atoms with Gasteiger partial charge in [-0.1, -0.05) is 25.5 Å². The van der Waals surface area contributed by atoms with Crippen LogP contribution in [-0.2, 0) is 0 Å². The number of nitrogens with two attached hydrogens (primary N) is 1. The summed E-state index contributed by atoms with van der Waals surface area (Å²) in [5.74, 6) is 6.72. The number of rotatable bonds is 4. The summed E-state index contributed by atoms with van der Waals surface area (Å²) >= 11 is 0. The first kappa shape index (κ1) is 12.2. The summed E-state index contributed by atoms with van der Waals surface area (Å²) in [6, 6.07) is 7.96. The molecule has 0 unspecified atom stereocenters. The zero-order valence-corrected chi connectivity index (χ0v) is 11.1. The van der Waals surface area contributed by atoms with E-state index in [9.17, 15) is 0 Å². The second kappa shape index (κ2) is 4.66. The number of benzene rings is 1. The zero-order chi connectivity index (χ0) is 13.3. The molecule has 0 spiro atoms. The minimum atomic E-state index is 0.405. The summed E-state index contributed by atoms with van der Waals surface area (Å²) < 4.78 is 0. The van der Waals surface area contributed by atoms with E-state index in [2.05, 4.69) is 27.6 Å². The van der Waals surface area contributed by atoms with Gasteiger partial charge in [-0.15, -0.1) is 0 Å². The first-order valence-electron chi connectivity index (χ1n) is 6.67. The molecule has 1 fully saturated rings. The van der Waals surface area contributed by atoms with E-state index < -0.39 is 0 Å². The molecule has 1 saturated carbocycles. The number of nitrogens with one attached hydrogen (secondary N) is 2. The highest BCUT2D eigenvalue weighted by Gasteiger charge is 2.31. The Hall–Kier alpha value is -1.88. The van der Waals surface area contributed by atoms with E-state index in [-0.39, 0.29) is 0 Å². The summed E-state index contributed by atoms with van der Waals surface area (Å²) in [6.45, 7) is 3.26. The molecular formula is C14H19N5. The van der Waals surface area contributed by atoms with Crippen molar-refractivity contribution in [2.45, 2.75) is 26.2 Å². The van der Waals surface area contributed by atoms with Gasteiger partial charge in [-0.2, -0.15) is 4.98 Å². The summed E-state index contributed by atoms with van der Waals surface area (Å²) in [5.41, 5.74) is 3.82. The van der Waals surface area contributed by atoms with Gasteiger partial charge in [-0.3, -0.25) is 5.43 Å². The molecule has 1 aliphatic rings. The molecule has 0 atom stereocenters. The van der Waals surface area contributed by atoms with Crippen LogP contribution in [-0.4, -0.2) is 16.5 Å². The number of fused-ring (bicyclic) bond motifs is 1. The summed E-state index contributed by atoms with van der Waals surface area (Å²) in [6.07, 6.45) is 3.90. The maximum absolute atomic E-state index is 5.43. The Kier molecular flexibility index (Phi) is 2.98. The summed E-state index contributed by atoms with van der Waals surface area (Å²) in [5, 5.41) is 4.49. The summed E-state index contributed by atoms with van der Waals surface area (Å²) in [4.78, 5) is 8.77. The zero-order valence-electron chi connectivity index (χ0n) is 11.1. The van der Waals surface area contributed by atoms with E-state index in [4.69, 9.17) is 5.84 Å². The normalized spacial score (nSPS) is 16.9. The maximum Gasteiger partial charge on any atom is 0.239 e. The topological polar surface area (TPSA) is 75.9 Å². The molecular weight excluding hydrogens is 238 g/mol. The standard InChI is InChI=1S/C14H19N5/c1-14(7-4-8-14)9-16-12-10-5-2-3-6-11(10)17-13(18-12)19-15/h2-3,5-6H,4,7-9,15H2,1H3,(H2,16,17,18,19). The smallest absolute Gasteiger partial charge is 0.239 e. The SMILES string of the molecule is CC1(CNc2nc(NN)nc3ccccc23)CCC1. The Labute approximate surface area is 112 Å². The first-order chi connectivity index (χ1) is 9.20. The van der Waals surface area contributed by atoms with Crippen molar-refractivity contribution in [3.63, 3.8) is 0 Å². The third kappa shape index (κ3) is 2.33. The van der Waals surface area contributed by atoms with Gasteiger partial charge >= 0.3 is 0 Å². The molecule has 1 aromatic heterocycles. The first-order valence-corrected chi connectivity index (χ1v) is 6.67. The van der Waals surface area contributed by atoms with E-state index in [0.29, 0.717) is 11.4 Å². The molecule has 0 radical (unpaired) electrons. The average Bonchev–Trinajstić information content (AvgIpc) is 2.42. The number of para-hydroxylation sites is 1. The molecule has 0 saturated heterocycles. The number of hydrogen-bond donors (Lipinski definition) is 3. The molecule has 5 nitrogen and oxygen atoms in total. The van der Waals surface area contributed by atoms with E-state index in [1.807, 2.05) is 24.3 Å². The fourth-order valence-corrected chi connectivity index (χ4v) is 2.53. The van der Waals surface area contributed by atoms with Crippen LogP contribution < -0.4 is 16.6 Å². The second-order valence-electron chi connectivity index (χ2n) is 5.58. The van der Waals surface area contributed by atoms with Gasteiger partial charge in [-0.25, -0.2) is 10.8 Å². The van der Waals surface area contributed by atoms with Crippen LogP contribution in [0, 0.1) is 5.41 Å². The van der Waals surface area contributed by atoms with Crippen molar-refractivity contribution in [2.75, 3.05) is 17.3 Å². The molecule has 1 aromatic carbocycles. The van der Waals surface area contributed by atoms with Gasteiger partial charge in [0.05, 0.1) is 5.52 Å². The molecule has 0 amide bonds. The van der Waals surface area contributed by atoms with Gasteiger partial charge in [0.2, 0.25) is 5.95 Å². The van der Waals surface area contributed by atoms with Crippen molar-refractivity contribution in [3.05, 3.63) is 24.3 Å². The molecule has 19 heavy (non-hydrogen) atoms. The maximum atomic E-state index is 5.43. The van der Waals surface area contributed by atoms with Crippen LogP contribution in [0.15, 0.2) is 24.3 Å². The Morgan fingerprint density at radius 3 is 2.74 bits per heavy atom. The molecule has 0 aliphatic heterocycles. The van der Waals surface area contributed by atoms with Crippen LogP contribution in [0.2, 0.25) is 0 Å². The van der Waals surface area contributed by atoms with Crippen molar-refractivity contribution in [1.82, 2.24) is 9.97 Å². The molecule has 0 bridgehead atoms. The number of aromatic nitrogens is 2. The molecule has 2 aromatic rings. The minimum absolute atomic E-state index is 0.405. The van der Waals surface area contributed by atoms with E-state index >= 15 is 0 Å². The lowest BCUT2D eigenvalue weighted by atomic mass is 9.70. The minimum Gasteiger partial charge on any atom is -0.369 e. The van der Waals surface area contributed by atoms with E-state index in [1.165, 1.54) is 19.3 Å². The molecule has 4 N–H and O–H groups in total. The van der Waals surface area contributed by atoms with E-state index in [0.717, 1.165) is 23.3 Å². The lowest BCUT2D eigenvalue weighted by molar-refractivity contribution is 0.180. The van der Waals surface area contributed by atoms with Gasteiger partial charge in [0.15, 0.2) is 0 Å². The van der Waals surface area contributed by atoms with Crippen LogP contribution in [0.1, 0.15) is 26.2 Å². The number of hydrogen-bond acceptors (Lipinski definition) is 5. The number of nitrogen functional groups attached to an aromatic ring is 1. The highest BCUT2D eigenvalue weighted by molar-refractivity contribution is 5.89. The van der Waals surface area contributed by atoms with Crippen molar-refractivity contribution in [2.24, 2.45) is 11.3 Å². The fraction of sp³-hybridized carbons (Fsp3) is 0.429. The number of anilines is 2. The van der Waals surface area contributed by atoms with Gasteiger partial charge in [0.1, 0.15) is 5.82 Å². The van der Waals surface area contributed by atoms with Crippen molar-refractivity contribution in [3.8, 4) is 0 Å². The Morgan fingerprint density at radius 2 is 2.05 bits per heavy atom. The van der Waals surface area contributed by atoms with Crippen LogP contribution in [0.25, 0.3) is 10.9 Å². The lowest BCUT2D eigenvalue weighted by Crippen LogP contribution is -2.33. The van der Waals surface area contributed by atoms with Crippen LogP contribution in [0.3, 0.4) is 0 Å². The summed E-state index contributed by atoms with van der Waals surface area (Å²) in [7, 11) is 0.